The number of hydrogen-bond acceptors (Lipinski definition) is 3. The van der Waals surface area contributed by atoms with Crippen molar-refractivity contribution < 1.29 is 9.90 Å². The third-order valence-corrected chi connectivity index (χ3v) is 6.44. The predicted molar refractivity (Wildman–Crippen MR) is 105 cm³/mol. The topological polar surface area (TPSA) is 40.5 Å². The lowest BCUT2D eigenvalue weighted by molar-refractivity contribution is -0.123. The number of fused-ring (bicyclic) bond motifs is 3. The van der Waals surface area contributed by atoms with Gasteiger partial charge in [0.1, 0.15) is 11.5 Å². The number of carbonyl (C=O) groups excluding carboxylic acids is 1. The highest BCUT2D eigenvalue weighted by atomic mass is 16.3. The molecule has 4 rings (SSSR count). The van der Waals surface area contributed by atoms with Gasteiger partial charge < -0.3 is 10.0 Å². The van der Waals surface area contributed by atoms with Crippen molar-refractivity contribution in [2.75, 3.05) is 19.0 Å². The molecule has 0 radical (unpaired) electrons. The highest BCUT2D eigenvalue weighted by Crippen LogP contribution is 2.51. The van der Waals surface area contributed by atoms with Gasteiger partial charge in [0.05, 0.1) is 0 Å². The standard InChI is InChI=1S/C23H27NO2/c1-24(2)19-5-3-4-16(12-19)15-23-11-10-21(26)14-18(23)7-6-17-13-20(25)8-9-22(17)23/h3-5,8-9,12-13,18,25H,6-7,10-11,14-15H2,1-2H3/t18-,23-/m0/s1. The summed E-state index contributed by atoms with van der Waals surface area (Å²) >= 11 is 0. The molecule has 2 aromatic rings. The fraction of sp³-hybridized carbons (Fsp3) is 0.435. The molecule has 2 atom stereocenters. The summed E-state index contributed by atoms with van der Waals surface area (Å²) in [6, 6.07) is 14.6. The Morgan fingerprint density at radius 2 is 2.00 bits per heavy atom. The van der Waals surface area contributed by atoms with E-state index in [1.807, 2.05) is 12.1 Å². The molecule has 2 aromatic carbocycles. The molecule has 1 N–H and O–H groups in total. The zero-order chi connectivity index (χ0) is 18.3. The third-order valence-electron chi connectivity index (χ3n) is 6.44. The van der Waals surface area contributed by atoms with Crippen molar-refractivity contribution in [2.45, 2.75) is 43.9 Å². The number of phenolic OH excluding ortho intramolecular Hbond substituents is 1. The number of benzene rings is 2. The van der Waals surface area contributed by atoms with Crippen molar-refractivity contribution >= 4 is 11.5 Å². The van der Waals surface area contributed by atoms with Crippen LogP contribution in [-0.4, -0.2) is 25.0 Å². The molecule has 0 saturated heterocycles. The van der Waals surface area contributed by atoms with Crippen LogP contribution in [0, 0.1) is 5.92 Å². The van der Waals surface area contributed by atoms with Gasteiger partial charge in [-0.1, -0.05) is 18.2 Å². The Labute approximate surface area is 155 Å². The van der Waals surface area contributed by atoms with Gasteiger partial charge in [-0.2, -0.15) is 0 Å². The Balaban J connectivity index is 1.79. The van der Waals surface area contributed by atoms with Gasteiger partial charge >= 0.3 is 0 Å². The summed E-state index contributed by atoms with van der Waals surface area (Å²) in [4.78, 5) is 14.3. The van der Waals surface area contributed by atoms with Gasteiger partial charge in [0.25, 0.3) is 0 Å². The van der Waals surface area contributed by atoms with E-state index in [1.54, 1.807) is 0 Å². The largest absolute Gasteiger partial charge is 0.508 e. The summed E-state index contributed by atoms with van der Waals surface area (Å²) in [7, 11) is 4.14. The van der Waals surface area contributed by atoms with Crippen molar-refractivity contribution in [3.63, 3.8) is 0 Å². The summed E-state index contributed by atoms with van der Waals surface area (Å²) in [6.07, 6.45) is 5.25. The molecular weight excluding hydrogens is 322 g/mol. The average Bonchev–Trinajstić information content (AvgIpc) is 2.62. The normalized spacial score (nSPS) is 24.7. The van der Waals surface area contributed by atoms with E-state index in [0.717, 1.165) is 25.7 Å². The number of aromatic hydroxyl groups is 1. The minimum absolute atomic E-state index is 0.0140. The van der Waals surface area contributed by atoms with Crippen LogP contribution < -0.4 is 4.90 Å². The second kappa shape index (κ2) is 6.46. The number of hydrogen-bond donors (Lipinski definition) is 1. The maximum absolute atomic E-state index is 12.2. The Kier molecular flexibility index (Phi) is 4.26. The first-order valence-electron chi connectivity index (χ1n) is 9.58. The maximum atomic E-state index is 12.2. The van der Waals surface area contributed by atoms with Crippen LogP contribution in [0.15, 0.2) is 42.5 Å². The van der Waals surface area contributed by atoms with Crippen LogP contribution in [0.1, 0.15) is 42.4 Å². The van der Waals surface area contributed by atoms with Crippen LogP contribution >= 0.6 is 0 Å². The SMILES string of the molecule is CN(C)c1cccc(C[C@@]23CCC(=O)C[C@@H]2CCc2cc(O)ccc23)c1. The van der Waals surface area contributed by atoms with Crippen molar-refractivity contribution in [1.82, 2.24) is 0 Å². The van der Waals surface area contributed by atoms with E-state index in [1.165, 1.54) is 22.4 Å². The van der Waals surface area contributed by atoms with Crippen molar-refractivity contribution in [3.8, 4) is 5.75 Å². The zero-order valence-electron chi connectivity index (χ0n) is 15.7. The van der Waals surface area contributed by atoms with E-state index < -0.39 is 0 Å². The summed E-state index contributed by atoms with van der Waals surface area (Å²) in [5, 5.41) is 9.94. The van der Waals surface area contributed by atoms with Crippen molar-refractivity contribution in [1.29, 1.82) is 0 Å². The minimum Gasteiger partial charge on any atom is -0.508 e. The van der Waals surface area contributed by atoms with Crippen LogP contribution in [0.4, 0.5) is 5.69 Å². The van der Waals surface area contributed by atoms with Crippen LogP contribution in [0.25, 0.3) is 0 Å². The van der Waals surface area contributed by atoms with Crippen LogP contribution in [-0.2, 0) is 23.1 Å². The van der Waals surface area contributed by atoms with Gasteiger partial charge in [0.15, 0.2) is 0 Å². The summed E-state index contributed by atoms with van der Waals surface area (Å²) in [5.41, 5.74) is 5.18. The lowest BCUT2D eigenvalue weighted by Gasteiger charge is -2.48. The molecule has 3 heteroatoms. The van der Waals surface area contributed by atoms with Gasteiger partial charge in [-0.15, -0.1) is 0 Å². The zero-order valence-corrected chi connectivity index (χ0v) is 15.7. The number of phenols is 1. The molecule has 0 bridgehead atoms. The predicted octanol–water partition coefficient (Wildman–Crippen LogP) is 4.25. The molecule has 0 aliphatic heterocycles. The average molecular weight is 349 g/mol. The van der Waals surface area contributed by atoms with Crippen LogP contribution in [0.2, 0.25) is 0 Å². The molecule has 26 heavy (non-hydrogen) atoms. The van der Waals surface area contributed by atoms with Crippen LogP contribution in [0.3, 0.4) is 0 Å². The molecular formula is C23H27NO2. The summed E-state index contributed by atoms with van der Waals surface area (Å²) in [6.45, 7) is 0. The van der Waals surface area contributed by atoms with Gasteiger partial charge in [-0.25, -0.2) is 0 Å². The first-order valence-corrected chi connectivity index (χ1v) is 9.58. The number of nitrogens with zero attached hydrogens (tertiary/aromatic N) is 1. The van der Waals surface area contributed by atoms with E-state index in [9.17, 15) is 9.90 Å². The number of Topliss-reactive ketones (excluding diaryl/α,β-unsaturated/α-hetero) is 1. The third kappa shape index (κ3) is 2.90. The van der Waals surface area contributed by atoms with E-state index in [-0.39, 0.29) is 5.41 Å². The fourth-order valence-electron chi connectivity index (χ4n) is 5.11. The molecule has 3 nitrogen and oxygen atoms in total. The lowest BCUT2D eigenvalue weighted by atomic mass is 9.55. The first kappa shape index (κ1) is 17.1. The number of ketones is 1. The molecule has 1 saturated carbocycles. The molecule has 0 unspecified atom stereocenters. The van der Waals surface area contributed by atoms with E-state index in [2.05, 4.69) is 49.3 Å². The van der Waals surface area contributed by atoms with E-state index >= 15 is 0 Å². The fourth-order valence-corrected chi connectivity index (χ4v) is 5.11. The van der Waals surface area contributed by atoms with Gasteiger partial charge in [-0.05, 0) is 72.6 Å². The Hall–Kier alpha value is -2.29. The second-order valence-electron chi connectivity index (χ2n) is 8.22. The maximum Gasteiger partial charge on any atom is 0.133 e. The Morgan fingerprint density at radius 1 is 1.15 bits per heavy atom. The summed E-state index contributed by atoms with van der Waals surface area (Å²) < 4.78 is 0. The van der Waals surface area contributed by atoms with Gasteiger partial charge in [0.2, 0.25) is 0 Å². The Morgan fingerprint density at radius 3 is 2.81 bits per heavy atom. The van der Waals surface area contributed by atoms with Crippen molar-refractivity contribution in [3.05, 3.63) is 59.2 Å². The molecule has 136 valence electrons. The molecule has 2 aliphatic rings. The van der Waals surface area contributed by atoms with Crippen LogP contribution in [0.5, 0.6) is 5.75 Å². The lowest BCUT2D eigenvalue weighted by Crippen LogP contribution is -2.45. The highest BCUT2D eigenvalue weighted by molar-refractivity contribution is 5.80. The molecule has 0 heterocycles. The molecule has 0 aromatic heterocycles. The second-order valence-corrected chi connectivity index (χ2v) is 8.22. The molecule has 1 fully saturated rings. The number of rotatable bonds is 3. The highest BCUT2D eigenvalue weighted by Gasteiger charge is 2.47. The smallest absolute Gasteiger partial charge is 0.133 e. The minimum atomic E-state index is 0.0140. The van der Waals surface area contributed by atoms with Gasteiger partial charge in [0, 0.05) is 38.0 Å². The number of carbonyl (C=O) groups is 1. The molecule has 0 spiro atoms. The van der Waals surface area contributed by atoms with Crippen molar-refractivity contribution in [2.24, 2.45) is 5.92 Å². The monoisotopic (exact) mass is 349 g/mol. The first-order chi connectivity index (χ1) is 12.5. The van der Waals surface area contributed by atoms with Gasteiger partial charge in [-0.3, -0.25) is 4.79 Å². The number of aryl methyl sites for hydroxylation is 1. The van der Waals surface area contributed by atoms with E-state index in [0.29, 0.717) is 30.3 Å². The number of anilines is 1. The Bertz CT molecular complexity index is 842. The molecule has 2 aliphatic carbocycles. The van der Waals surface area contributed by atoms with E-state index in [4.69, 9.17) is 0 Å². The summed E-state index contributed by atoms with van der Waals surface area (Å²) in [5.74, 6) is 1.16. The quantitative estimate of drug-likeness (QED) is 0.900. The molecule has 0 amide bonds.